The maximum atomic E-state index is 9.49. The van der Waals surface area contributed by atoms with Crippen LogP contribution in [0.25, 0.3) is 0 Å². The van der Waals surface area contributed by atoms with Crippen LogP contribution in [0.3, 0.4) is 0 Å². The number of halogens is 1. The zero-order valence-corrected chi connectivity index (χ0v) is 11.3. The largest absolute Gasteiger partial charge is 0.508 e. The number of hydrogen-bond acceptors (Lipinski definition) is 2. The molecular weight excluding hydrogens is 260 g/mol. The monoisotopic (exact) mass is 276 g/mol. The molecule has 0 amide bonds. The Morgan fingerprint density at radius 2 is 1.58 bits per heavy atom. The SMILES string of the molecule is OCC(Cc1cccc(O)c1)Cc1cccc(Cl)c1. The van der Waals surface area contributed by atoms with Crippen molar-refractivity contribution in [2.24, 2.45) is 5.92 Å². The average Bonchev–Trinajstić information content (AvgIpc) is 2.38. The molecule has 100 valence electrons. The van der Waals surface area contributed by atoms with Crippen LogP contribution in [0.15, 0.2) is 48.5 Å². The first-order chi connectivity index (χ1) is 9.17. The maximum Gasteiger partial charge on any atom is 0.115 e. The van der Waals surface area contributed by atoms with Crippen LogP contribution in [0, 0.1) is 5.92 Å². The third kappa shape index (κ3) is 4.27. The predicted molar refractivity (Wildman–Crippen MR) is 77.5 cm³/mol. The Labute approximate surface area is 118 Å². The van der Waals surface area contributed by atoms with Gasteiger partial charge in [-0.15, -0.1) is 0 Å². The van der Waals surface area contributed by atoms with Gasteiger partial charge in [-0.2, -0.15) is 0 Å². The number of phenolic OH excluding ortho intramolecular Hbond substituents is 1. The molecule has 19 heavy (non-hydrogen) atoms. The van der Waals surface area contributed by atoms with Gasteiger partial charge in [-0.05, 0) is 54.2 Å². The van der Waals surface area contributed by atoms with Gasteiger partial charge in [0.25, 0.3) is 0 Å². The summed E-state index contributed by atoms with van der Waals surface area (Å²) in [5.74, 6) is 0.386. The average molecular weight is 277 g/mol. The molecule has 0 spiro atoms. The minimum absolute atomic E-state index is 0.113. The maximum absolute atomic E-state index is 9.49. The fourth-order valence-electron chi connectivity index (χ4n) is 2.22. The Hall–Kier alpha value is -1.51. The Bertz CT molecular complexity index is 492. The van der Waals surface area contributed by atoms with E-state index in [2.05, 4.69) is 0 Å². The molecule has 0 saturated carbocycles. The van der Waals surface area contributed by atoms with E-state index in [1.165, 1.54) is 0 Å². The van der Waals surface area contributed by atoms with Crippen molar-refractivity contribution in [2.45, 2.75) is 12.8 Å². The standard InChI is InChI=1S/C16H17ClO2/c17-15-5-1-3-12(9-15)7-14(11-18)8-13-4-2-6-16(19)10-13/h1-6,9-10,14,18-19H,7-8,11H2. The molecular formula is C16H17ClO2. The summed E-state index contributed by atoms with van der Waals surface area (Å²) in [6, 6.07) is 14.9. The molecule has 2 rings (SSSR count). The number of benzene rings is 2. The van der Waals surface area contributed by atoms with Crippen molar-refractivity contribution in [1.82, 2.24) is 0 Å². The second-order valence-corrected chi connectivity index (χ2v) is 5.19. The van der Waals surface area contributed by atoms with Crippen molar-refractivity contribution in [3.8, 4) is 5.75 Å². The van der Waals surface area contributed by atoms with Crippen LogP contribution in [0.4, 0.5) is 0 Å². The first-order valence-electron chi connectivity index (χ1n) is 6.30. The zero-order chi connectivity index (χ0) is 13.7. The van der Waals surface area contributed by atoms with Gasteiger partial charge in [-0.25, -0.2) is 0 Å². The van der Waals surface area contributed by atoms with Gasteiger partial charge in [0.05, 0.1) is 0 Å². The summed E-state index contributed by atoms with van der Waals surface area (Å²) in [6.07, 6.45) is 1.50. The van der Waals surface area contributed by atoms with Crippen molar-refractivity contribution >= 4 is 11.6 Å². The van der Waals surface area contributed by atoms with E-state index in [1.807, 2.05) is 36.4 Å². The summed E-state index contributed by atoms with van der Waals surface area (Å²) in [7, 11) is 0. The Balaban J connectivity index is 2.04. The number of phenols is 1. The molecule has 0 aromatic heterocycles. The van der Waals surface area contributed by atoms with Gasteiger partial charge in [0, 0.05) is 11.6 Å². The summed E-state index contributed by atoms with van der Waals surface area (Å²) in [6.45, 7) is 0.113. The Morgan fingerprint density at radius 1 is 0.947 bits per heavy atom. The van der Waals surface area contributed by atoms with Gasteiger partial charge in [-0.3, -0.25) is 0 Å². The molecule has 2 nitrogen and oxygen atoms in total. The summed E-state index contributed by atoms with van der Waals surface area (Å²) in [5, 5.41) is 19.7. The first-order valence-corrected chi connectivity index (χ1v) is 6.68. The smallest absolute Gasteiger partial charge is 0.115 e. The summed E-state index contributed by atoms with van der Waals surface area (Å²) in [5.41, 5.74) is 2.15. The van der Waals surface area contributed by atoms with Crippen molar-refractivity contribution in [3.05, 3.63) is 64.7 Å². The van der Waals surface area contributed by atoms with Crippen LogP contribution in [0.1, 0.15) is 11.1 Å². The van der Waals surface area contributed by atoms with Crippen molar-refractivity contribution < 1.29 is 10.2 Å². The minimum Gasteiger partial charge on any atom is -0.508 e. The van der Waals surface area contributed by atoms with E-state index in [1.54, 1.807) is 12.1 Å². The lowest BCUT2D eigenvalue weighted by Crippen LogP contribution is -2.12. The normalized spacial score (nSPS) is 12.3. The second-order valence-electron chi connectivity index (χ2n) is 4.76. The molecule has 2 aromatic rings. The predicted octanol–water partition coefficient (Wildman–Crippen LogP) is 3.44. The fourth-order valence-corrected chi connectivity index (χ4v) is 2.43. The van der Waals surface area contributed by atoms with Crippen molar-refractivity contribution in [2.75, 3.05) is 6.61 Å². The highest BCUT2D eigenvalue weighted by Gasteiger charge is 2.10. The van der Waals surface area contributed by atoms with Gasteiger partial charge >= 0.3 is 0 Å². The lowest BCUT2D eigenvalue weighted by molar-refractivity contribution is 0.225. The summed E-state index contributed by atoms with van der Waals surface area (Å²) in [4.78, 5) is 0. The van der Waals surface area contributed by atoms with E-state index in [0.29, 0.717) is 5.02 Å². The van der Waals surface area contributed by atoms with Crippen LogP contribution in [-0.4, -0.2) is 16.8 Å². The highest BCUT2D eigenvalue weighted by atomic mass is 35.5. The molecule has 0 heterocycles. The summed E-state index contributed by atoms with van der Waals surface area (Å²) < 4.78 is 0. The molecule has 0 fully saturated rings. The van der Waals surface area contributed by atoms with E-state index >= 15 is 0 Å². The third-order valence-corrected chi connectivity index (χ3v) is 3.34. The molecule has 0 aliphatic rings. The molecule has 0 radical (unpaired) electrons. The molecule has 0 aliphatic heterocycles. The van der Waals surface area contributed by atoms with E-state index in [-0.39, 0.29) is 18.3 Å². The Kier molecular flexibility index (Phi) is 4.83. The second kappa shape index (κ2) is 6.60. The lowest BCUT2D eigenvalue weighted by Gasteiger charge is -2.14. The van der Waals surface area contributed by atoms with Crippen molar-refractivity contribution in [3.63, 3.8) is 0 Å². The molecule has 0 aliphatic carbocycles. The highest BCUT2D eigenvalue weighted by Crippen LogP contribution is 2.19. The fraction of sp³-hybridized carbons (Fsp3) is 0.250. The molecule has 1 unspecified atom stereocenters. The van der Waals surface area contributed by atoms with Gasteiger partial charge < -0.3 is 10.2 Å². The quantitative estimate of drug-likeness (QED) is 0.878. The first kappa shape index (κ1) is 13.9. The van der Waals surface area contributed by atoms with Crippen LogP contribution in [-0.2, 0) is 12.8 Å². The van der Waals surface area contributed by atoms with Gasteiger partial charge in [0.2, 0.25) is 0 Å². The third-order valence-electron chi connectivity index (χ3n) is 3.11. The van der Waals surface area contributed by atoms with Gasteiger partial charge in [0.1, 0.15) is 5.75 Å². The number of aromatic hydroxyl groups is 1. The number of aliphatic hydroxyl groups excluding tert-OH is 1. The van der Waals surface area contributed by atoms with Crippen LogP contribution >= 0.6 is 11.6 Å². The topological polar surface area (TPSA) is 40.5 Å². The Morgan fingerprint density at radius 3 is 2.16 bits per heavy atom. The highest BCUT2D eigenvalue weighted by molar-refractivity contribution is 6.30. The number of hydrogen-bond donors (Lipinski definition) is 2. The zero-order valence-electron chi connectivity index (χ0n) is 10.6. The van der Waals surface area contributed by atoms with Crippen LogP contribution in [0.5, 0.6) is 5.75 Å². The van der Waals surface area contributed by atoms with E-state index in [0.717, 1.165) is 24.0 Å². The molecule has 0 saturated heterocycles. The van der Waals surface area contributed by atoms with Gasteiger partial charge in [0.15, 0.2) is 0 Å². The molecule has 1 atom stereocenters. The lowest BCUT2D eigenvalue weighted by atomic mass is 9.93. The number of aliphatic hydroxyl groups is 1. The van der Waals surface area contributed by atoms with E-state index in [9.17, 15) is 10.2 Å². The number of rotatable bonds is 5. The molecule has 2 aromatic carbocycles. The summed E-state index contributed by atoms with van der Waals surface area (Å²) >= 11 is 5.96. The van der Waals surface area contributed by atoms with E-state index in [4.69, 9.17) is 11.6 Å². The van der Waals surface area contributed by atoms with E-state index < -0.39 is 0 Å². The van der Waals surface area contributed by atoms with Gasteiger partial charge in [-0.1, -0.05) is 35.9 Å². The molecule has 3 heteroatoms. The van der Waals surface area contributed by atoms with Crippen molar-refractivity contribution in [1.29, 1.82) is 0 Å². The minimum atomic E-state index is 0.113. The molecule has 2 N–H and O–H groups in total. The van der Waals surface area contributed by atoms with Crippen LogP contribution in [0.2, 0.25) is 5.02 Å². The molecule has 0 bridgehead atoms. The van der Waals surface area contributed by atoms with Crippen LogP contribution < -0.4 is 0 Å².